The van der Waals surface area contributed by atoms with Crippen LogP contribution in [0.5, 0.6) is 0 Å². The minimum Gasteiger partial charge on any atom is -0.381 e. The fourth-order valence-electron chi connectivity index (χ4n) is 2.83. The van der Waals surface area contributed by atoms with Gasteiger partial charge in [-0.3, -0.25) is 0 Å². The molecule has 0 aliphatic heterocycles. The summed E-state index contributed by atoms with van der Waals surface area (Å²) in [4.78, 5) is 8.77. The number of para-hydroxylation sites is 1. The summed E-state index contributed by atoms with van der Waals surface area (Å²) in [5.41, 5.74) is 2.21. The Labute approximate surface area is 113 Å². The van der Waals surface area contributed by atoms with E-state index in [1.807, 2.05) is 0 Å². The van der Waals surface area contributed by atoms with Gasteiger partial charge >= 0.3 is 0 Å². The maximum absolute atomic E-state index is 5.41. The number of fused-ring (bicyclic) bond motifs is 1. The second-order valence-corrected chi connectivity index (χ2v) is 5.21. The number of anilines is 1. The SMILES string of the molecule is COC1CCC(Nc2ncnc3c(C)cccc23)C1. The summed E-state index contributed by atoms with van der Waals surface area (Å²) >= 11 is 0. The molecule has 0 spiro atoms. The van der Waals surface area contributed by atoms with Crippen molar-refractivity contribution in [1.82, 2.24) is 9.97 Å². The highest BCUT2D eigenvalue weighted by Gasteiger charge is 2.24. The number of ether oxygens (including phenoxy) is 1. The summed E-state index contributed by atoms with van der Waals surface area (Å²) in [6.07, 6.45) is 5.33. The maximum atomic E-state index is 5.41. The summed E-state index contributed by atoms with van der Waals surface area (Å²) < 4.78 is 5.41. The van der Waals surface area contributed by atoms with E-state index in [0.29, 0.717) is 12.1 Å². The van der Waals surface area contributed by atoms with Crippen LogP contribution in [0.15, 0.2) is 24.5 Å². The second kappa shape index (κ2) is 5.13. The van der Waals surface area contributed by atoms with Gasteiger partial charge in [-0.25, -0.2) is 9.97 Å². The first-order valence-electron chi connectivity index (χ1n) is 6.77. The Morgan fingerprint density at radius 3 is 2.95 bits per heavy atom. The highest BCUT2D eigenvalue weighted by molar-refractivity contribution is 5.90. The van der Waals surface area contributed by atoms with E-state index >= 15 is 0 Å². The average molecular weight is 257 g/mol. The van der Waals surface area contributed by atoms with Crippen LogP contribution >= 0.6 is 0 Å². The van der Waals surface area contributed by atoms with Crippen LogP contribution in [0.2, 0.25) is 0 Å². The molecular formula is C15H19N3O. The Kier molecular flexibility index (Phi) is 3.34. The monoisotopic (exact) mass is 257 g/mol. The molecule has 1 aromatic carbocycles. The van der Waals surface area contributed by atoms with Gasteiger partial charge in [-0.2, -0.15) is 0 Å². The number of benzene rings is 1. The Bertz CT molecular complexity index is 585. The van der Waals surface area contributed by atoms with Crippen molar-refractivity contribution in [1.29, 1.82) is 0 Å². The number of hydrogen-bond donors (Lipinski definition) is 1. The zero-order valence-electron chi connectivity index (χ0n) is 11.4. The van der Waals surface area contributed by atoms with Crippen molar-refractivity contribution in [2.75, 3.05) is 12.4 Å². The maximum Gasteiger partial charge on any atom is 0.137 e. The van der Waals surface area contributed by atoms with Crippen molar-refractivity contribution in [3.05, 3.63) is 30.1 Å². The predicted molar refractivity (Wildman–Crippen MR) is 76.3 cm³/mol. The molecule has 4 nitrogen and oxygen atoms in total. The van der Waals surface area contributed by atoms with E-state index in [1.165, 1.54) is 5.56 Å². The van der Waals surface area contributed by atoms with E-state index in [4.69, 9.17) is 4.74 Å². The van der Waals surface area contributed by atoms with Crippen LogP contribution in [0.25, 0.3) is 10.9 Å². The molecule has 1 aliphatic rings. The van der Waals surface area contributed by atoms with Crippen LogP contribution in [0.1, 0.15) is 24.8 Å². The molecule has 19 heavy (non-hydrogen) atoms. The van der Waals surface area contributed by atoms with E-state index in [0.717, 1.165) is 36.0 Å². The number of aromatic nitrogens is 2. The largest absolute Gasteiger partial charge is 0.381 e. The van der Waals surface area contributed by atoms with Crippen molar-refractivity contribution in [2.24, 2.45) is 0 Å². The highest BCUT2D eigenvalue weighted by atomic mass is 16.5. The smallest absolute Gasteiger partial charge is 0.137 e. The summed E-state index contributed by atoms with van der Waals surface area (Å²) in [6, 6.07) is 6.66. The third-order valence-corrected chi connectivity index (χ3v) is 3.93. The van der Waals surface area contributed by atoms with E-state index < -0.39 is 0 Å². The lowest BCUT2D eigenvalue weighted by molar-refractivity contribution is 0.108. The van der Waals surface area contributed by atoms with Crippen molar-refractivity contribution < 1.29 is 4.74 Å². The van der Waals surface area contributed by atoms with Gasteiger partial charge in [0.2, 0.25) is 0 Å². The van der Waals surface area contributed by atoms with Gasteiger partial charge in [0.15, 0.2) is 0 Å². The van der Waals surface area contributed by atoms with Gasteiger partial charge < -0.3 is 10.1 Å². The quantitative estimate of drug-likeness (QED) is 0.918. The molecule has 2 aromatic rings. The van der Waals surface area contributed by atoms with Crippen LogP contribution in [-0.4, -0.2) is 29.2 Å². The molecule has 2 unspecified atom stereocenters. The normalized spacial score (nSPS) is 22.8. The highest BCUT2D eigenvalue weighted by Crippen LogP contribution is 2.27. The summed E-state index contributed by atoms with van der Waals surface area (Å²) in [6.45, 7) is 2.08. The zero-order valence-corrected chi connectivity index (χ0v) is 11.4. The lowest BCUT2D eigenvalue weighted by Gasteiger charge is -2.15. The predicted octanol–water partition coefficient (Wildman–Crippen LogP) is 2.92. The number of hydrogen-bond acceptors (Lipinski definition) is 4. The lowest BCUT2D eigenvalue weighted by Crippen LogP contribution is -2.18. The third-order valence-electron chi connectivity index (χ3n) is 3.93. The molecule has 0 saturated heterocycles. The molecule has 2 atom stereocenters. The lowest BCUT2D eigenvalue weighted by atomic mass is 10.1. The number of aryl methyl sites for hydroxylation is 1. The Morgan fingerprint density at radius 1 is 1.26 bits per heavy atom. The number of methoxy groups -OCH3 is 1. The van der Waals surface area contributed by atoms with Crippen LogP contribution in [0.4, 0.5) is 5.82 Å². The van der Waals surface area contributed by atoms with Gasteiger partial charge in [0.05, 0.1) is 11.6 Å². The Hall–Kier alpha value is -1.68. The van der Waals surface area contributed by atoms with Gasteiger partial charge in [0.25, 0.3) is 0 Å². The van der Waals surface area contributed by atoms with Crippen molar-refractivity contribution in [2.45, 2.75) is 38.3 Å². The van der Waals surface area contributed by atoms with Gasteiger partial charge in [-0.1, -0.05) is 12.1 Å². The van der Waals surface area contributed by atoms with Gasteiger partial charge in [0.1, 0.15) is 12.1 Å². The van der Waals surface area contributed by atoms with Crippen molar-refractivity contribution in [3.8, 4) is 0 Å². The first-order chi connectivity index (χ1) is 9.28. The standard InChI is InChI=1S/C15H19N3O/c1-10-4-3-5-13-14(10)16-9-17-15(13)18-11-6-7-12(8-11)19-2/h3-5,9,11-12H,6-8H2,1-2H3,(H,16,17,18). The molecule has 1 aromatic heterocycles. The molecule has 0 radical (unpaired) electrons. The summed E-state index contributed by atoms with van der Waals surface area (Å²) in [7, 11) is 1.79. The Morgan fingerprint density at radius 2 is 2.16 bits per heavy atom. The number of rotatable bonds is 3. The topological polar surface area (TPSA) is 47.0 Å². The van der Waals surface area contributed by atoms with Crippen LogP contribution in [0.3, 0.4) is 0 Å². The number of nitrogens with zero attached hydrogens (tertiary/aromatic N) is 2. The molecular weight excluding hydrogens is 238 g/mol. The first kappa shape index (κ1) is 12.4. The molecule has 100 valence electrons. The second-order valence-electron chi connectivity index (χ2n) is 5.21. The van der Waals surface area contributed by atoms with Gasteiger partial charge in [-0.05, 0) is 37.8 Å². The average Bonchev–Trinajstić information content (AvgIpc) is 2.88. The van der Waals surface area contributed by atoms with E-state index in [1.54, 1.807) is 13.4 Å². The molecule has 3 rings (SSSR count). The molecule has 4 heteroatoms. The molecule has 1 N–H and O–H groups in total. The van der Waals surface area contributed by atoms with E-state index in [2.05, 4.69) is 40.4 Å². The molecule has 0 amide bonds. The number of nitrogens with one attached hydrogen (secondary N) is 1. The van der Waals surface area contributed by atoms with Gasteiger partial charge in [-0.15, -0.1) is 0 Å². The molecule has 1 saturated carbocycles. The molecule has 1 aliphatic carbocycles. The molecule has 1 heterocycles. The fraction of sp³-hybridized carbons (Fsp3) is 0.467. The van der Waals surface area contributed by atoms with Crippen LogP contribution in [0, 0.1) is 6.92 Å². The van der Waals surface area contributed by atoms with Crippen LogP contribution < -0.4 is 5.32 Å². The van der Waals surface area contributed by atoms with E-state index in [-0.39, 0.29) is 0 Å². The van der Waals surface area contributed by atoms with Gasteiger partial charge in [0, 0.05) is 18.5 Å². The van der Waals surface area contributed by atoms with Crippen molar-refractivity contribution >= 4 is 16.7 Å². The Balaban J connectivity index is 1.87. The minimum absolute atomic E-state index is 0.382. The molecule has 1 fully saturated rings. The minimum atomic E-state index is 0.382. The summed E-state index contributed by atoms with van der Waals surface area (Å²) in [5.74, 6) is 0.940. The zero-order chi connectivity index (χ0) is 13.2. The molecule has 0 bridgehead atoms. The third kappa shape index (κ3) is 2.40. The fourth-order valence-corrected chi connectivity index (χ4v) is 2.83. The van der Waals surface area contributed by atoms with Crippen molar-refractivity contribution in [3.63, 3.8) is 0 Å². The first-order valence-corrected chi connectivity index (χ1v) is 6.77. The van der Waals surface area contributed by atoms with E-state index in [9.17, 15) is 0 Å². The summed E-state index contributed by atoms with van der Waals surface area (Å²) in [5, 5.41) is 4.64. The van der Waals surface area contributed by atoms with Crippen LogP contribution in [-0.2, 0) is 4.74 Å².